The van der Waals surface area contributed by atoms with Gasteiger partial charge in [0.25, 0.3) is 0 Å². The van der Waals surface area contributed by atoms with Gasteiger partial charge < -0.3 is 10.2 Å². The Bertz CT molecular complexity index is 1320. The van der Waals surface area contributed by atoms with Crippen molar-refractivity contribution in [3.8, 4) is 0 Å². The third kappa shape index (κ3) is 6.98. The number of hydrogen-bond acceptors (Lipinski definition) is 4. The van der Waals surface area contributed by atoms with Gasteiger partial charge in [0.05, 0.1) is 11.9 Å². The number of anilines is 1. The van der Waals surface area contributed by atoms with Crippen LogP contribution in [0.3, 0.4) is 0 Å². The molecule has 0 spiro atoms. The van der Waals surface area contributed by atoms with Crippen LogP contribution in [0.2, 0.25) is 5.02 Å². The lowest BCUT2D eigenvalue weighted by Crippen LogP contribution is -2.51. The molecule has 9 heteroatoms. The van der Waals surface area contributed by atoms with E-state index in [0.717, 1.165) is 21.5 Å². The molecule has 0 fully saturated rings. The first-order valence-corrected chi connectivity index (χ1v) is 14.0. The first kappa shape index (κ1) is 27.5. The Morgan fingerprint density at radius 3 is 2.22 bits per heavy atom. The molecule has 0 saturated carbocycles. The van der Waals surface area contributed by atoms with Crippen LogP contribution < -0.4 is 9.62 Å². The van der Waals surface area contributed by atoms with Crippen LogP contribution in [0.15, 0.2) is 66.7 Å². The summed E-state index contributed by atoms with van der Waals surface area (Å²) in [6.45, 7) is 5.76. The number of carbonyl (C=O) groups is 2. The number of rotatable bonds is 10. The molecule has 1 atom stereocenters. The number of carbonyl (C=O) groups excluding carboxylic acids is 2. The minimum Gasteiger partial charge on any atom is -0.354 e. The molecule has 2 amide bonds. The topological polar surface area (TPSA) is 86.8 Å². The van der Waals surface area contributed by atoms with Gasteiger partial charge in [-0.25, -0.2) is 8.42 Å². The predicted molar refractivity (Wildman–Crippen MR) is 145 cm³/mol. The third-order valence-corrected chi connectivity index (χ3v) is 7.21. The normalized spacial score (nSPS) is 12.4. The summed E-state index contributed by atoms with van der Waals surface area (Å²) < 4.78 is 26.8. The van der Waals surface area contributed by atoms with Gasteiger partial charge in [-0.2, -0.15) is 0 Å². The molecule has 0 aliphatic heterocycles. The molecule has 192 valence electrons. The largest absolute Gasteiger partial charge is 0.354 e. The molecule has 3 rings (SSSR count). The monoisotopic (exact) mass is 529 g/mol. The minimum atomic E-state index is -3.82. The first-order chi connectivity index (χ1) is 17.0. The second-order valence-electron chi connectivity index (χ2n) is 9.23. The van der Waals surface area contributed by atoms with E-state index in [2.05, 4.69) is 5.32 Å². The fourth-order valence-corrected chi connectivity index (χ4v) is 4.83. The molecule has 0 radical (unpaired) electrons. The van der Waals surface area contributed by atoms with Crippen LogP contribution in [0, 0.1) is 5.92 Å². The van der Waals surface area contributed by atoms with E-state index in [0.29, 0.717) is 22.6 Å². The molecule has 0 unspecified atom stereocenters. The fraction of sp³-hybridized carbons (Fsp3) is 0.333. The van der Waals surface area contributed by atoms with Crippen molar-refractivity contribution in [3.63, 3.8) is 0 Å². The Balaban J connectivity index is 1.96. The second kappa shape index (κ2) is 11.8. The number of nitrogens with one attached hydrogen (secondary N) is 1. The number of fused-ring (bicyclic) bond motifs is 1. The molecule has 0 aromatic heterocycles. The van der Waals surface area contributed by atoms with E-state index in [4.69, 9.17) is 11.6 Å². The van der Waals surface area contributed by atoms with Gasteiger partial charge >= 0.3 is 0 Å². The summed E-state index contributed by atoms with van der Waals surface area (Å²) in [7, 11) is -3.82. The zero-order chi connectivity index (χ0) is 26.5. The van der Waals surface area contributed by atoms with E-state index in [1.165, 1.54) is 4.90 Å². The van der Waals surface area contributed by atoms with Crippen LogP contribution in [0.1, 0.15) is 26.3 Å². The third-order valence-electron chi connectivity index (χ3n) is 5.83. The van der Waals surface area contributed by atoms with E-state index >= 15 is 0 Å². The molecule has 7 nitrogen and oxygen atoms in total. The Morgan fingerprint density at radius 2 is 1.58 bits per heavy atom. The number of hydrogen-bond donors (Lipinski definition) is 1. The molecule has 1 N–H and O–H groups in total. The SMILES string of the molecule is CC(C)CNC(=O)[C@H](C)N(Cc1ccc(Cl)cc1)C(=O)CN(c1cccc2ccccc12)S(C)(=O)=O. The summed E-state index contributed by atoms with van der Waals surface area (Å²) in [6, 6.07) is 18.9. The maximum absolute atomic E-state index is 13.7. The highest BCUT2D eigenvalue weighted by molar-refractivity contribution is 7.92. The minimum absolute atomic E-state index is 0.124. The standard InChI is InChI=1S/C27H32ClN3O4S/c1-19(2)16-29-27(33)20(3)30(17-21-12-14-23(28)15-13-21)26(32)18-31(36(4,34)35)25-11-7-9-22-8-5-6-10-24(22)25/h5-15,19-20H,16-18H2,1-4H3,(H,29,33)/t20-/m0/s1. The van der Waals surface area contributed by atoms with Crippen LogP contribution in [0.4, 0.5) is 5.69 Å². The summed E-state index contributed by atoms with van der Waals surface area (Å²) >= 11 is 6.01. The Labute approximate surface area is 218 Å². The Morgan fingerprint density at radius 1 is 0.944 bits per heavy atom. The highest BCUT2D eigenvalue weighted by Crippen LogP contribution is 2.28. The summed E-state index contributed by atoms with van der Waals surface area (Å²) in [6.07, 6.45) is 1.07. The van der Waals surface area contributed by atoms with Crippen LogP contribution in [-0.2, 0) is 26.2 Å². The fourth-order valence-electron chi connectivity index (χ4n) is 3.84. The number of nitrogens with zero attached hydrogens (tertiary/aromatic N) is 2. The summed E-state index contributed by atoms with van der Waals surface area (Å²) in [5.41, 5.74) is 1.18. The molecule has 0 saturated heterocycles. The molecular weight excluding hydrogens is 498 g/mol. The van der Waals surface area contributed by atoms with Crippen LogP contribution in [-0.4, -0.2) is 50.5 Å². The molecule has 36 heavy (non-hydrogen) atoms. The summed E-state index contributed by atoms with van der Waals surface area (Å²) in [5.74, 6) is -0.550. The molecule has 0 aliphatic rings. The van der Waals surface area contributed by atoms with E-state index in [-0.39, 0.29) is 18.4 Å². The van der Waals surface area contributed by atoms with Crippen molar-refractivity contribution < 1.29 is 18.0 Å². The summed E-state index contributed by atoms with van der Waals surface area (Å²) in [5, 5.41) is 4.99. The Kier molecular flexibility index (Phi) is 8.98. The van der Waals surface area contributed by atoms with Crippen molar-refractivity contribution >= 4 is 49.9 Å². The van der Waals surface area contributed by atoms with Gasteiger partial charge in [0.1, 0.15) is 12.6 Å². The van der Waals surface area contributed by atoms with E-state index < -0.39 is 28.5 Å². The molecular formula is C27H32ClN3O4S. The highest BCUT2D eigenvalue weighted by Gasteiger charge is 2.30. The summed E-state index contributed by atoms with van der Waals surface area (Å²) in [4.78, 5) is 28.0. The predicted octanol–water partition coefficient (Wildman–Crippen LogP) is 4.45. The van der Waals surface area contributed by atoms with Gasteiger partial charge in [-0.3, -0.25) is 13.9 Å². The number of benzene rings is 3. The number of halogens is 1. The quantitative estimate of drug-likeness (QED) is 0.420. The average Bonchev–Trinajstić information content (AvgIpc) is 2.84. The molecule has 0 aliphatic carbocycles. The molecule has 0 heterocycles. The highest BCUT2D eigenvalue weighted by atomic mass is 35.5. The van der Waals surface area contributed by atoms with Gasteiger partial charge in [-0.15, -0.1) is 0 Å². The lowest BCUT2D eigenvalue weighted by atomic mass is 10.1. The first-order valence-electron chi connectivity index (χ1n) is 11.7. The lowest BCUT2D eigenvalue weighted by molar-refractivity contribution is -0.139. The number of amides is 2. The van der Waals surface area contributed by atoms with Crippen molar-refractivity contribution in [2.45, 2.75) is 33.4 Å². The average molecular weight is 530 g/mol. The van der Waals surface area contributed by atoms with Crippen LogP contribution in [0.5, 0.6) is 0 Å². The van der Waals surface area contributed by atoms with Crippen molar-refractivity contribution in [2.75, 3.05) is 23.7 Å². The van der Waals surface area contributed by atoms with Crippen LogP contribution in [0.25, 0.3) is 10.8 Å². The Hall–Kier alpha value is -3.10. The van der Waals surface area contributed by atoms with E-state index in [9.17, 15) is 18.0 Å². The molecule has 0 bridgehead atoms. The smallest absolute Gasteiger partial charge is 0.244 e. The van der Waals surface area contributed by atoms with Crippen molar-refractivity contribution in [1.29, 1.82) is 0 Å². The van der Waals surface area contributed by atoms with E-state index in [1.807, 2.05) is 44.2 Å². The maximum atomic E-state index is 13.7. The van der Waals surface area contributed by atoms with Gasteiger partial charge in [-0.1, -0.05) is 74.0 Å². The van der Waals surface area contributed by atoms with Crippen molar-refractivity contribution in [1.82, 2.24) is 10.2 Å². The zero-order valence-corrected chi connectivity index (χ0v) is 22.5. The van der Waals surface area contributed by atoms with Gasteiger partial charge in [0.15, 0.2) is 0 Å². The molecule has 3 aromatic carbocycles. The van der Waals surface area contributed by atoms with E-state index in [1.54, 1.807) is 43.3 Å². The second-order valence-corrected chi connectivity index (χ2v) is 11.6. The lowest BCUT2D eigenvalue weighted by Gasteiger charge is -2.32. The van der Waals surface area contributed by atoms with Crippen LogP contribution >= 0.6 is 11.6 Å². The zero-order valence-electron chi connectivity index (χ0n) is 20.9. The maximum Gasteiger partial charge on any atom is 0.244 e. The van der Waals surface area contributed by atoms with Gasteiger partial charge in [-0.05, 0) is 42.0 Å². The van der Waals surface area contributed by atoms with Gasteiger partial charge in [0.2, 0.25) is 21.8 Å². The number of sulfonamides is 1. The molecule has 3 aromatic rings. The van der Waals surface area contributed by atoms with Crippen molar-refractivity contribution in [3.05, 3.63) is 77.3 Å². The van der Waals surface area contributed by atoms with Gasteiger partial charge in [0, 0.05) is 23.5 Å². The van der Waals surface area contributed by atoms with Crippen molar-refractivity contribution in [2.24, 2.45) is 5.92 Å².